The van der Waals surface area contributed by atoms with E-state index in [4.69, 9.17) is 4.74 Å². The molecule has 0 amide bonds. The number of halogens is 1. The van der Waals surface area contributed by atoms with Gasteiger partial charge in [-0.3, -0.25) is 0 Å². The fraction of sp³-hybridized carbons (Fsp3) is 0.533. The zero-order chi connectivity index (χ0) is 13.7. The van der Waals surface area contributed by atoms with Crippen molar-refractivity contribution in [1.29, 1.82) is 0 Å². The number of aliphatic hydroxyl groups is 1. The van der Waals surface area contributed by atoms with Crippen LogP contribution in [0.5, 0.6) is 0 Å². The number of carbonyl (C=O) groups excluding carboxylic acids is 1. The minimum absolute atomic E-state index is 0.131. The molecule has 1 aliphatic rings. The van der Waals surface area contributed by atoms with Crippen molar-refractivity contribution >= 4 is 21.9 Å². The fourth-order valence-electron chi connectivity index (χ4n) is 2.35. The third kappa shape index (κ3) is 4.05. The van der Waals surface area contributed by atoms with Crippen molar-refractivity contribution in [3.8, 4) is 0 Å². The van der Waals surface area contributed by atoms with E-state index in [-0.39, 0.29) is 10.9 Å². The standard InChI is InChI=1S/C15H19BrO3/c16-12-9-5-2-6-10-13(12)19-15(18)14(17)11-7-3-1-4-8-11/h1,3-4,7-8,12-14,17H,2,5-6,9-10H2/t12-,13-,14-/m0/s1. The summed E-state index contributed by atoms with van der Waals surface area (Å²) in [6, 6.07) is 8.90. The van der Waals surface area contributed by atoms with E-state index in [0.717, 1.165) is 25.7 Å². The molecule has 1 saturated carbocycles. The molecule has 0 saturated heterocycles. The predicted octanol–water partition coefficient (Wildman–Crippen LogP) is 3.36. The first-order valence-electron chi connectivity index (χ1n) is 6.76. The molecule has 0 unspecified atom stereocenters. The quantitative estimate of drug-likeness (QED) is 0.526. The predicted molar refractivity (Wildman–Crippen MR) is 77.1 cm³/mol. The lowest BCUT2D eigenvalue weighted by Gasteiger charge is -2.22. The topological polar surface area (TPSA) is 46.5 Å². The molecule has 0 heterocycles. The van der Waals surface area contributed by atoms with Gasteiger partial charge in [-0.15, -0.1) is 0 Å². The second-order valence-electron chi connectivity index (χ2n) is 4.94. The number of carbonyl (C=O) groups is 1. The summed E-state index contributed by atoms with van der Waals surface area (Å²) in [6.07, 6.45) is 3.96. The Morgan fingerprint density at radius 3 is 2.63 bits per heavy atom. The van der Waals surface area contributed by atoms with Crippen LogP contribution in [0.2, 0.25) is 0 Å². The van der Waals surface area contributed by atoms with E-state index in [1.165, 1.54) is 6.42 Å². The lowest BCUT2D eigenvalue weighted by molar-refractivity contribution is -0.159. The summed E-state index contributed by atoms with van der Waals surface area (Å²) in [5.74, 6) is -0.553. The zero-order valence-corrected chi connectivity index (χ0v) is 12.4. The molecule has 1 N–H and O–H groups in total. The first kappa shape index (κ1) is 14.5. The highest BCUT2D eigenvalue weighted by molar-refractivity contribution is 9.09. The Hall–Kier alpha value is -0.870. The lowest BCUT2D eigenvalue weighted by Crippen LogP contribution is -2.29. The van der Waals surface area contributed by atoms with Gasteiger partial charge in [-0.25, -0.2) is 4.79 Å². The van der Waals surface area contributed by atoms with Gasteiger partial charge in [0.2, 0.25) is 0 Å². The molecule has 4 heteroatoms. The SMILES string of the molecule is O=C(O[C@H]1CCCCC[C@@H]1Br)[C@@H](O)c1ccccc1. The molecule has 1 aromatic rings. The van der Waals surface area contributed by atoms with Crippen molar-refractivity contribution in [3.05, 3.63) is 35.9 Å². The molecule has 0 spiro atoms. The highest BCUT2D eigenvalue weighted by Crippen LogP contribution is 2.27. The normalized spacial score (nSPS) is 25.4. The fourth-order valence-corrected chi connectivity index (χ4v) is 3.04. The van der Waals surface area contributed by atoms with E-state index >= 15 is 0 Å². The molecule has 0 aromatic heterocycles. The van der Waals surface area contributed by atoms with Gasteiger partial charge in [-0.1, -0.05) is 59.1 Å². The van der Waals surface area contributed by atoms with Crippen LogP contribution in [0.1, 0.15) is 43.8 Å². The van der Waals surface area contributed by atoms with Gasteiger partial charge in [0.05, 0.1) is 4.83 Å². The number of rotatable bonds is 3. The molecule has 0 radical (unpaired) electrons. The highest BCUT2D eigenvalue weighted by atomic mass is 79.9. The summed E-state index contributed by atoms with van der Waals surface area (Å²) >= 11 is 3.58. The van der Waals surface area contributed by atoms with E-state index in [2.05, 4.69) is 15.9 Å². The van der Waals surface area contributed by atoms with Crippen LogP contribution in [0.3, 0.4) is 0 Å². The largest absolute Gasteiger partial charge is 0.459 e. The Balaban J connectivity index is 1.96. The summed E-state index contributed by atoms with van der Waals surface area (Å²) in [5, 5.41) is 9.99. The first-order valence-corrected chi connectivity index (χ1v) is 7.67. The lowest BCUT2D eigenvalue weighted by atomic mass is 10.1. The molecule has 3 nitrogen and oxygen atoms in total. The Bertz CT molecular complexity index is 407. The summed E-state index contributed by atoms with van der Waals surface area (Å²) in [6.45, 7) is 0. The van der Waals surface area contributed by atoms with Crippen LogP contribution in [-0.4, -0.2) is 22.0 Å². The van der Waals surface area contributed by atoms with Crippen LogP contribution >= 0.6 is 15.9 Å². The molecular weight excluding hydrogens is 308 g/mol. The summed E-state index contributed by atoms with van der Waals surface area (Å²) < 4.78 is 5.46. The number of aliphatic hydroxyl groups excluding tert-OH is 1. The Morgan fingerprint density at radius 1 is 1.21 bits per heavy atom. The third-order valence-electron chi connectivity index (χ3n) is 3.48. The number of esters is 1. The van der Waals surface area contributed by atoms with E-state index in [9.17, 15) is 9.90 Å². The van der Waals surface area contributed by atoms with Crippen molar-refractivity contribution in [3.63, 3.8) is 0 Å². The van der Waals surface area contributed by atoms with Gasteiger partial charge in [0.25, 0.3) is 0 Å². The molecule has 1 aromatic carbocycles. The van der Waals surface area contributed by atoms with Crippen LogP contribution < -0.4 is 0 Å². The van der Waals surface area contributed by atoms with Crippen LogP contribution in [0.15, 0.2) is 30.3 Å². The van der Waals surface area contributed by atoms with Gasteiger partial charge in [-0.2, -0.15) is 0 Å². The van der Waals surface area contributed by atoms with Crippen molar-refractivity contribution in [1.82, 2.24) is 0 Å². The molecule has 19 heavy (non-hydrogen) atoms. The molecule has 0 bridgehead atoms. The second kappa shape index (κ2) is 7.06. The van der Waals surface area contributed by atoms with Gasteiger partial charge < -0.3 is 9.84 Å². The maximum atomic E-state index is 12.0. The van der Waals surface area contributed by atoms with Gasteiger partial charge >= 0.3 is 5.97 Å². The summed E-state index contributed by atoms with van der Waals surface area (Å²) in [5.41, 5.74) is 0.576. The van der Waals surface area contributed by atoms with E-state index < -0.39 is 12.1 Å². The maximum absolute atomic E-state index is 12.0. The second-order valence-corrected chi connectivity index (χ2v) is 6.12. The van der Waals surface area contributed by atoms with Gasteiger partial charge in [-0.05, 0) is 24.8 Å². The highest BCUT2D eigenvalue weighted by Gasteiger charge is 2.28. The van der Waals surface area contributed by atoms with Crippen molar-refractivity contribution < 1.29 is 14.6 Å². The van der Waals surface area contributed by atoms with Crippen molar-refractivity contribution in [2.45, 2.75) is 49.1 Å². The Morgan fingerprint density at radius 2 is 1.89 bits per heavy atom. The number of ether oxygens (including phenoxy) is 1. The summed E-state index contributed by atoms with van der Waals surface area (Å²) in [7, 11) is 0. The van der Waals surface area contributed by atoms with Gasteiger partial charge in [0.1, 0.15) is 6.10 Å². The van der Waals surface area contributed by atoms with Gasteiger partial charge in [0.15, 0.2) is 6.10 Å². The van der Waals surface area contributed by atoms with Crippen LogP contribution in [-0.2, 0) is 9.53 Å². The molecule has 3 atom stereocenters. The van der Waals surface area contributed by atoms with Crippen LogP contribution in [0.4, 0.5) is 0 Å². The monoisotopic (exact) mass is 326 g/mol. The van der Waals surface area contributed by atoms with Gasteiger partial charge in [0, 0.05) is 0 Å². The average molecular weight is 327 g/mol. The van der Waals surface area contributed by atoms with E-state index in [0.29, 0.717) is 5.56 Å². The van der Waals surface area contributed by atoms with Crippen LogP contribution in [0.25, 0.3) is 0 Å². The first-order chi connectivity index (χ1) is 9.18. The van der Waals surface area contributed by atoms with Crippen LogP contribution in [0, 0.1) is 0 Å². The number of benzene rings is 1. The van der Waals surface area contributed by atoms with E-state index in [1.54, 1.807) is 24.3 Å². The minimum Gasteiger partial charge on any atom is -0.459 e. The minimum atomic E-state index is -1.19. The smallest absolute Gasteiger partial charge is 0.339 e. The molecule has 1 fully saturated rings. The molecule has 1 aliphatic carbocycles. The number of hydrogen-bond donors (Lipinski definition) is 1. The van der Waals surface area contributed by atoms with Crippen molar-refractivity contribution in [2.75, 3.05) is 0 Å². The third-order valence-corrected chi connectivity index (χ3v) is 4.53. The number of hydrogen-bond acceptors (Lipinski definition) is 3. The zero-order valence-electron chi connectivity index (χ0n) is 10.8. The maximum Gasteiger partial charge on any atom is 0.339 e. The van der Waals surface area contributed by atoms with E-state index in [1.807, 2.05) is 6.07 Å². The molecular formula is C15H19BrO3. The molecule has 2 rings (SSSR count). The molecule has 0 aliphatic heterocycles. The summed E-state index contributed by atoms with van der Waals surface area (Å²) in [4.78, 5) is 12.2. The molecule has 104 valence electrons. The Kier molecular flexibility index (Phi) is 5.40. The number of alkyl halides is 1. The average Bonchev–Trinajstić information content (AvgIpc) is 2.64. The Labute approximate surface area is 122 Å². The van der Waals surface area contributed by atoms with Crippen molar-refractivity contribution in [2.24, 2.45) is 0 Å².